The van der Waals surface area contributed by atoms with Gasteiger partial charge in [-0.25, -0.2) is 9.50 Å². The molecule has 0 spiro atoms. The molecule has 1 saturated heterocycles. The van der Waals surface area contributed by atoms with Gasteiger partial charge >= 0.3 is 0 Å². The van der Waals surface area contributed by atoms with Gasteiger partial charge in [0.1, 0.15) is 0 Å². The van der Waals surface area contributed by atoms with Gasteiger partial charge < -0.3 is 30.3 Å². The number of fused-ring (bicyclic) bond motifs is 7. The van der Waals surface area contributed by atoms with E-state index in [1.54, 1.807) is 10.7 Å². The van der Waals surface area contributed by atoms with Gasteiger partial charge in [-0.05, 0) is 49.4 Å². The van der Waals surface area contributed by atoms with Crippen molar-refractivity contribution in [3.05, 3.63) is 41.2 Å². The maximum absolute atomic E-state index is 13.2. The number of hydrogen-bond donors (Lipinski definition) is 3. The quantitative estimate of drug-likeness (QED) is 0.493. The average molecular weight is 476 g/mol. The molecule has 3 N–H and O–H groups in total. The summed E-state index contributed by atoms with van der Waals surface area (Å²) < 4.78 is 13.5. The van der Waals surface area contributed by atoms with Gasteiger partial charge in [-0.3, -0.25) is 4.79 Å². The van der Waals surface area contributed by atoms with E-state index in [0.717, 1.165) is 92.5 Å². The minimum absolute atomic E-state index is 0.00229. The lowest BCUT2D eigenvalue weighted by Gasteiger charge is -2.37. The number of amides is 1. The lowest BCUT2D eigenvalue weighted by molar-refractivity contribution is -0.0339. The first kappa shape index (κ1) is 21.0. The van der Waals surface area contributed by atoms with Crippen LogP contribution in [0.15, 0.2) is 24.4 Å². The second-order valence-corrected chi connectivity index (χ2v) is 9.73. The Kier molecular flexibility index (Phi) is 5.02. The lowest BCUT2D eigenvalue weighted by atomic mass is 9.88. The van der Waals surface area contributed by atoms with E-state index in [9.17, 15) is 4.79 Å². The predicted molar refractivity (Wildman–Crippen MR) is 132 cm³/mol. The van der Waals surface area contributed by atoms with Crippen LogP contribution in [0.2, 0.25) is 0 Å². The molecule has 1 amide bonds. The number of nitrogens with one attached hydrogen (secondary N) is 3. The van der Waals surface area contributed by atoms with Crippen LogP contribution in [-0.4, -0.2) is 65.5 Å². The van der Waals surface area contributed by atoms with Crippen LogP contribution in [0.3, 0.4) is 0 Å². The standard InChI is InChI=1S/C25H29N7O3/c33-25-20-13-27-24-22-18(2-1-5-26-22)23(30-32(20)24)28-16-10-15(14-35-21-4-3-19(21)29-25)11-17(12-16)31-6-8-34-9-7-31/h10-13,19,21,26H,1-9,14H2,(H,28,30)(H,29,33)/t19-,21-/m1/s1. The molecule has 5 heterocycles. The fourth-order valence-corrected chi connectivity index (χ4v) is 5.44. The molecule has 7 rings (SSSR count). The highest BCUT2D eigenvalue weighted by Gasteiger charge is 2.34. The molecule has 4 bridgehead atoms. The van der Waals surface area contributed by atoms with E-state index in [4.69, 9.17) is 14.6 Å². The first-order chi connectivity index (χ1) is 17.2. The summed E-state index contributed by atoms with van der Waals surface area (Å²) >= 11 is 0. The van der Waals surface area contributed by atoms with E-state index < -0.39 is 0 Å². The van der Waals surface area contributed by atoms with Crippen LogP contribution in [0.5, 0.6) is 0 Å². The largest absolute Gasteiger partial charge is 0.382 e. The average Bonchev–Trinajstić information content (AvgIpc) is 3.31. The van der Waals surface area contributed by atoms with E-state index in [0.29, 0.717) is 17.9 Å². The third-order valence-electron chi connectivity index (χ3n) is 7.50. The molecule has 3 aromatic rings. The summed E-state index contributed by atoms with van der Waals surface area (Å²) in [4.78, 5) is 20.1. The zero-order valence-electron chi connectivity index (χ0n) is 19.5. The molecule has 10 heteroatoms. The van der Waals surface area contributed by atoms with Crippen molar-refractivity contribution in [3.63, 3.8) is 0 Å². The van der Waals surface area contributed by atoms with Crippen molar-refractivity contribution in [1.82, 2.24) is 19.9 Å². The minimum Gasteiger partial charge on any atom is -0.382 e. The van der Waals surface area contributed by atoms with Gasteiger partial charge in [0, 0.05) is 36.6 Å². The molecule has 1 aromatic carbocycles. The van der Waals surface area contributed by atoms with Crippen molar-refractivity contribution in [3.8, 4) is 0 Å². The first-order valence-corrected chi connectivity index (χ1v) is 12.5. The van der Waals surface area contributed by atoms with Crippen LogP contribution in [0.4, 0.5) is 22.9 Å². The molecule has 4 aliphatic rings. The molecule has 1 aliphatic carbocycles. The van der Waals surface area contributed by atoms with E-state index in [1.165, 1.54) is 0 Å². The van der Waals surface area contributed by atoms with Gasteiger partial charge in [-0.2, -0.15) is 0 Å². The predicted octanol–water partition coefficient (Wildman–Crippen LogP) is 2.46. The van der Waals surface area contributed by atoms with Crippen molar-refractivity contribution < 1.29 is 14.3 Å². The molecule has 35 heavy (non-hydrogen) atoms. The number of aromatic nitrogens is 3. The van der Waals surface area contributed by atoms with Crippen LogP contribution in [0.25, 0.3) is 5.65 Å². The molecule has 0 unspecified atom stereocenters. The number of anilines is 4. The topological polar surface area (TPSA) is 105 Å². The number of carbonyl (C=O) groups excluding carboxylic acids is 1. The summed E-state index contributed by atoms with van der Waals surface area (Å²) in [5, 5.41) is 15.1. The third kappa shape index (κ3) is 3.68. The smallest absolute Gasteiger partial charge is 0.271 e. The minimum atomic E-state index is -0.171. The van der Waals surface area contributed by atoms with E-state index in [2.05, 4.69) is 44.0 Å². The van der Waals surface area contributed by atoms with Gasteiger partial charge in [0.25, 0.3) is 5.91 Å². The monoisotopic (exact) mass is 475 g/mol. The number of ether oxygens (including phenoxy) is 2. The molecule has 10 nitrogen and oxygen atoms in total. The summed E-state index contributed by atoms with van der Waals surface area (Å²) in [5.41, 5.74) is 6.38. The van der Waals surface area contributed by atoms with Crippen LogP contribution < -0.4 is 20.9 Å². The Morgan fingerprint density at radius 2 is 2.03 bits per heavy atom. The van der Waals surface area contributed by atoms with Gasteiger partial charge in [-0.15, -0.1) is 5.10 Å². The van der Waals surface area contributed by atoms with Crippen molar-refractivity contribution in [2.75, 3.05) is 48.4 Å². The third-order valence-corrected chi connectivity index (χ3v) is 7.50. The van der Waals surface area contributed by atoms with Crippen molar-refractivity contribution in [2.45, 2.75) is 44.4 Å². The molecule has 2 aromatic heterocycles. The van der Waals surface area contributed by atoms with Gasteiger partial charge in [0.2, 0.25) is 0 Å². The van der Waals surface area contributed by atoms with E-state index in [1.807, 2.05) is 0 Å². The molecule has 182 valence electrons. The van der Waals surface area contributed by atoms with Crippen molar-refractivity contribution in [1.29, 1.82) is 0 Å². The Hall–Kier alpha value is -3.37. The second-order valence-electron chi connectivity index (χ2n) is 9.73. The Bertz CT molecular complexity index is 1300. The Morgan fingerprint density at radius 1 is 1.11 bits per heavy atom. The Labute approximate surface area is 203 Å². The van der Waals surface area contributed by atoms with Crippen molar-refractivity contribution >= 4 is 34.4 Å². The maximum Gasteiger partial charge on any atom is 0.271 e. The summed E-state index contributed by atoms with van der Waals surface area (Å²) in [6.07, 6.45) is 5.38. The summed E-state index contributed by atoms with van der Waals surface area (Å²) in [5.74, 6) is 0.575. The van der Waals surface area contributed by atoms with Crippen LogP contribution in [0, 0.1) is 0 Å². The second kappa shape index (κ2) is 8.39. The normalized spacial score (nSPS) is 23.9. The number of imidazole rings is 1. The lowest BCUT2D eigenvalue weighted by Crippen LogP contribution is -2.51. The van der Waals surface area contributed by atoms with Crippen LogP contribution in [-0.2, 0) is 22.5 Å². The summed E-state index contributed by atoms with van der Waals surface area (Å²) in [7, 11) is 0. The maximum atomic E-state index is 13.2. The van der Waals surface area contributed by atoms with Crippen LogP contribution in [0.1, 0.15) is 40.9 Å². The number of hydrogen-bond acceptors (Lipinski definition) is 8. The zero-order chi connectivity index (χ0) is 23.4. The zero-order valence-corrected chi connectivity index (χ0v) is 19.5. The number of rotatable bonds is 1. The summed E-state index contributed by atoms with van der Waals surface area (Å²) in [6, 6.07) is 6.51. The SMILES string of the molecule is O=C1N[C@@H]2CC[C@H]2OCc2cc(cc(N3CCOCC3)c2)Nc2nn3c1cnc3c1c2CCCN1. The number of carbonyl (C=O) groups is 1. The first-order valence-electron chi connectivity index (χ1n) is 12.5. The summed E-state index contributed by atoms with van der Waals surface area (Å²) in [6.45, 7) is 4.55. The molecule has 0 radical (unpaired) electrons. The number of morpholine rings is 1. The molecular weight excluding hydrogens is 446 g/mol. The number of nitrogens with zero attached hydrogens (tertiary/aromatic N) is 4. The molecule has 2 atom stereocenters. The highest BCUT2D eigenvalue weighted by Crippen LogP contribution is 2.35. The highest BCUT2D eigenvalue weighted by molar-refractivity contribution is 5.94. The van der Waals surface area contributed by atoms with Gasteiger partial charge in [0.05, 0.1) is 43.9 Å². The Morgan fingerprint density at radius 3 is 2.89 bits per heavy atom. The fraction of sp³-hybridized carbons (Fsp3) is 0.480. The van der Waals surface area contributed by atoms with Gasteiger partial charge in [-0.1, -0.05) is 0 Å². The van der Waals surface area contributed by atoms with Gasteiger partial charge in [0.15, 0.2) is 17.2 Å². The molecule has 3 aliphatic heterocycles. The Balaban J connectivity index is 1.37. The number of benzene rings is 1. The van der Waals surface area contributed by atoms with E-state index >= 15 is 0 Å². The van der Waals surface area contributed by atoms with Crippen LogP contribution >= 0.6 is 0 Å². The fourth-order valence-electron chi connectivity index (χ4n) is 5.44. The molecule has 2 fully saturated rings. The highest BCUT2D eigenvalue weighted by atomic mass is 16.5. The molecular formula is C25H29N7O3. The van der Waals surface area contributed by atoms with Crippen molar-refractivity contribution in [2.24, 2.45) is 0 Å². The van der Waals surface area contributed by atoms with E-state index in [-0.39, 0.29) is 18.1 Å². The molecule has 1 saturated carbocycles.